The van der Waals surface area contributed by atoms with Crippen LogP contribution in [0.1, 0.15) is 29.3 Å². The number of amides is 5. The van der Waals surface area contributed by atoms with Crippen molar-refractivity contribution >= 4 is 29.5 Å². The second kappa shape index (κ2) is 7.01. The zero-order chi connectivity index (χ0) is 20.7. The van der Waals surface area contributed by atoms with Gasteiger partial charge in [0.05, 0.1) is 12.0 Å². The molecule has 148 valence electrons. The number of hydrogen-bond acceptors (Lipinski definition) is 6. The number of benzene rings is 1. The number of nitrogens with zero attached hydrogens (tertiary/aromatic N) is 4. The predicted molar refractivity (Wildman–Crippen MR) is 101 cm³/mol. The van der Waals surface area contributed by atoms with Gasteiger partial charge in [-0.05, 0) is 24.6 Å². The Morgan fingerprint density at radius 2 is 1.86 bits per heavy atom. The van der Waals surface area contributed by atoms with Crippen LogP contribution in [0.4, 0.5) is 4.79 Å². The molecule has 4 rings (SSSR count). The molecule has 0 unspecified atom stereocenters. The van der Waals surface area contributed by atoms with Crippen LogP contribution in [-0.4, -0.2) is 57.9 Å². The molecule has 0 bridgehead atoms. The van der Waals surface area contributed by atoms with Gasteiger partial charge in [0.25, 0.3) is 5.91 Å². The molecular weight excluding hydrogens is 376 g/mol. The molecule has 2 aliphatic rings. The lowest BCUT2D eigenvalue weighted by Crippen LogP contribution is -2.41. The second-order valence-electron chi connectivity index (χ2n) is 6.92. The van der Waals surface area contributed by atoms with Gasteiger partial charge < -0.3 is 4.42 Å². The molecule has 1 atom stereocenters. The molecule has 9 heteroatoms. The van der Waals surface area contributed by atoms with Gasteiger partial charge in [-0.3, -0.25) is 19.3 Å². The Balaban J connectivity index is 1.62. The molecule has 29 heavy (non-hydrogen) atoms. The standard InChI is InChI=1S/C20H18N4O5/c1-12-5-7-13(8-6-12)14-10-15(16-4-3-9-29-16)24(21-14)17(25)11-23-19(27)18(26)22(2)20(23)28/h3-9,15H,10-11H2,1-2H3/t15-/m0/s1. The Morgan fingerprint density at radius 3 is 2.45 bits per heavy atom. The quantitative estimate of drug-likeness (QED) is 0.580. The maximum absolute atomic E-state index is 12.9. The van der Waals surface area contributed by atoms with E-state index in [9.17, 15) is 19.2 Å². The fraction of sp³-hybridized carbons (Fsp3) is 0.250. The van der Waals surface area contributed by atoms with E-state index < -0.39 is 36.3 Å². The summed E-state index contributed by atoms with van der Waals surface area (Å²) in [5.41, 5.74) is 2.65. The molecule has 2 aromatic rings. The van der Waals surface area contributed by atoms with Crippen LogP contribution < -0.4 is 0 Å². The van der Waals surface area contributed by atoms with E-state index in [1.54, 1.807) is 12.1 Å². The Kier molecular flexibility index (Phi) is 4.50. The van der Waals surface area contributed by atoms with Gasteiger partial charge in [0.1, 0.15) is 18.3 Å². The smallest absolute Gasteiger partial charge is 0.334 e. The minimum Gasteiger partial charge on any atom is -0.467 e. The van der Waals surface area contributed by atoms with Gasteiger partial charge in [-0.25, -0.2) is 14.7 Å². The fourth-order valence-electron chi connectivity index (χ4n) is 3.32. The summed E-state index contributed by atoms with van der Waals surface area (Å²) in [5, 5.41) is 5.67. The maximum Gasteiger partial charge on any atom is 0.334 e. The summed E-state index contributed by atoms with van der Waals surface area (Å²) in [7, 11) is 1.20. The Labute approximate surface area is 166 Å². The van der Waals surface area contributed by atoms with Crippen molar-refractivity contribution in [3.63, 3.8) is 0 Å². The summed E-state index contributed by atoms with van der Waals surface area (Å²) in [5.74, 6) is -2.03. The molecule has 0 saturated carbocycles. The van der Waals surface area contributed by atoms with Crippen LogP contribution in [-0.2, 0) is 14.4 Å². The zero-order valence-electron chi connectivity index (χ0n) is 15.9. The molecule has 0 aliphatic carbocycles. The van der Waals surface area contributed by atoms with E-state index in [2.05, 4.69) is 5.10 Å². The highest BCUT2D eigenvalue weighted by molar-refractivity contribution is 6.44. The van der Waals surface area contributed by atoms with Crippen LogP contribution in [0.3, 0.4) is 0 Å². The molecule has 0 N–H and O–H groups in total. The summed E-state index contributed by atoms with van der Waals surface area (Å²) < 4.78 is 5.47. The van der Waals surface area contributed by atoms with Crippen molar-refractivity contribution < 1.29 is 23.6 Å². The lowest BCUT2D eigenvalue weighted by atomic mass is 10.0. The van der Waals surface area contributed by atoms with Gasteiger partial charge in [-0.1, -0.05) is 29.8 Å². The van der Waals surface area contributed by atoms with E-state index in [0.29, 0.717) is 27.7 Å². The predicted octanol–water partition coefficient (Wildman–Crippen LogP) is 1.69. The Bertz CT molecular complexity index is 1030. The summed E-state index contributed by atoms with van der Waals surface area (Å²) >= 11 is 0. The first-order valence-electron chi connectivity index (χ1n) is 9.00. The average Bonchev–Trinajstić information content (AvgIpc) is 3.42. The minimum absolute atomic E-state index is 0.420. The molecular formula is C20H18N4O5. The second-order valence-corrected chi connectivity index (χ2v) is 6.92. The first kappa shape index (κ1) is 18.6. The molecule has 1 aromatic heterocycles. The first-order valence-corrected chi connectivity index (χ1v) is 9.00. The van der Waals surface area contributed by atoms with Crippen molar-refractivity contribution in [2.45, 2.75) is 19.4 Å². The highest BCUT2D eigenvalue weighted by Crippen LogP contribution is 2.33. The summed E-state index contributed by atoms with van der Waals surface area (Å²) in [6.45, 7) is 1.40. The molecule has 5 amide bonds. The summed E-state index contributed by atoms with van der Waals surface area (Å²) in [4.78, 5) is 50.0. The number of carbonyl (C=O) groups excluding carboxylic acids is 4. The van der Waals surface area contributed by atoms with Gasteiger partial charge in [-0.15, -0.1) is 0 Å². The number of urea groups is 1. The van der Waals surface area contributed by atoms with Crippen molar-refractivity contribution in [3.05, 3.63) is 59.5 Å². The van der Waals surface area contributed by atoms with Crippen LogP contribution in [0.2, 0.25) is 0 Å². The largest absolute Gasteiger partial charge is 0.467 e. The van der Waals surface area contributed by atoms with Crippen LogP contribution in [0.15, 0.2) is 52.2 Å². The summed E-state index contributed by atoms with van der Waals surface area (Å²) in [6, 6.07) is 9.86. The van der Waals surface area contributed by atoms with E-state index in [1.807, 2.05) is 31.2 Å². The third kappa shape index (κ3) is 3.20. The normalized spacial score (nSPS) is 19.4. The van der Waals surface area contributed by atoms with Crippen molar-refractivity contribution in [2.24, 2.45) is 5.10 Å². The van der Waals surface area contributed by atoms with Gasteiger partial charge in [0.15, 0.2) is 0 Å². The van der Waals surface area contributed by atoms with E-state index in [0.717, 1.165) is 11.1 Å². The Morgan fingerprint density at radius 1 is 1.14 bits per heavy atom. The van der Waals surface area contributed by atoms with E-state index in [4.69, 9.17) is 4.42 Å². The van der Waals surface area contributed by atoms with Gasteiger partial charge in [0, 0.05) is 13.5 Å². The van der Waals surface area contributed by atoms with Crippen molar-refractivity contribution in [2.75, 3.05) is 13.6 Å². The van der Waals surface area contributed by atoms with Crippen molar-refractivity contribution in [1.29, 1.82) is 0 Å². The van der Waals surface area contributed by atoms with Crippen LogP contribution in [0, 0.1) is 6.92 Å². The number of furan rings is 1. The molecule has 3 heterocycles. The molecule has 0 spiro atoms. The number of aryl methyl sites for hydroxylation is 1. The molecule has 2 aliphatic heterocycles. The Hall–Kier alpha value is -3.75. The molecule has 1 fully saturated rings. The molecule has 0 radical (unpaired) electrons. The third-order valence-corrected chi connectivity index (χ3v) is 4.97. The maximum atomic E-state index is 12.9. The lowest BCUT2D eigenvalue weighted by Gasteiger charge is -2.21. The minimum atomic E-state index is -1.03. The van der Waals surface area contributed by atoms with Crippen LogP contribution in [0.25, 0.3) is 0 Å². The monoisotopic (exact) mass is 394 g/mol. The highest BCUT2D eigenvalue weighted by atomic mass is 16.3. The van der Waals surface area contributed by atoms with Gasteiger partial charge in [-0.2, -0.15) is 5.10 Å². The van der Waals surface area contributed by atoms with E-state index in [1.165, 1.54) is 18.3 Å². The third-order valence-electron chi connectivity index (χ3n) is 4.97. The topological polar surface area (TPSA) is 104 Å². The number of imide groups is 2. The van der Waals surface area contributed by atoms with Crippen LogP contribution >= 0.6 is 0 Å². The highest BCUT2D eigenvalue weighted by Gasteiger charge is 2.45. The number of hydrazone groups is 1. The summed E-state index contributed by atoms with van der Waals surface area (Å²) in [6.07, 6.45) is 1.92. The fourth-order valence-corrected chi connectivity index (χ4v) is 3.32. The molecule has 9 nitrogen and oxygen atoms in total. The number of carbonyl (C=O) groups is 4. The van der Waals surface area contributed by atoms with E-state index in [-0.39, 0.29) is 0 Å². The van der Waals surface area contributed by atoms with Crippen molar-refractivity contribution in [3.8, 4) is 0 Å². The SMILES string of the molecule is Cc1ccc(C2=NN(C(=O)CN3C(=O)C(=O)N(C)C3=O)[C@H](c3ccco3)C2)cc1. The van der Waals surface area contributed by atoms with Crippen molar-refractivity contribution in [1.82, 2.24) is 14.8 Å². The first-order chi connectivity index (χ1) is 13.9. The molecule has 1 aromatic carbocycles. The number of likely N-dealkylation sites (N-methyl/N-ethyl adjacent to an activating group) is 1. The zero-order valence-corrected chi connectivity index (χ0v) is 15.9. The number of hydrogen-bond donors (Lipinski definition) is 0. The number of rotatable bonds is 4. The average molecular weight is 394 g/mol. The van der Waals surface area contributed by atoms with Gasteiger partial charge >= 0.3 is 17.8 Å². The van der Waals surface area contributed by atoms with Gasteiger partial charge in [0.2, 0.25) is 0 Å². The lowest BCUT2D eigenvalue weighted by molar-refractivity contribution is -0.145. The molecule has 1 saturated heterocycles. The van der Waals surface area contributed by atoms with E-state index >= 15 is 0 Å². The van der Waals surface area contributed by atoms with Crippen LogP contribution in [0.5, 0.6) is 0 Å².